The number of carbonyl (C=O) groups excluding carboxylic acids is 1. The zero-order chi connectivity index (χ0) is 15.4. The van der Waals surface area contributed by atoms with Gasteiger partial charge in [-0.1, -0.05) is 0 Å². The van der Waals surface area contributed by atoms with E-state index in [2.05, 4.69) is 4.98 Å². The minimum Gasteiger partial charge on any atom is -0.497 e. The predicted octanol–water partition coefficient (Wildman–Crippen LogP) is 2.78. The van der Waals surface area contributed by atoms with Gasteiger partial charge in [-0.2, -0.15) is 0 Å². The SMILES string of the molecule is COc1ccc(Oc2ccc(C(C)=O)nc2)c(C(=O)O)c1. The summed E-state index contributed by atoms with van der Waals surface area (Å²) in [5, 5.41) is 9.18. The molecule has 1 heterocycles. The van der Waals surface area contributed by atoms with Gasteiger partial charge in [-0.15, -0.1) is 0 Å². The molecule has 2 rings (SSSR count). The molecule has 0 aliphatic rings. The first-order valence-electron chi connectivity index (χ1n) is 6.07. The molecule has 6 heteroatoms. The summed E-state index contributed by atoms with van der Waals surface area (Å²) in [4.78, 5) is 26.3. The Labute approximate surface area is 121 Å². The standard InChI is InChI=1S/C15H13NO5/c1-9(17)13-5-3-11(8-16-13)21-14-6-4-10(20-2)7-12(14)15(18)19/h3-8H,1-2H3,(H,18,19). The molecular weight excluding hydrogens is 274 g/mol. The van der Waals surface area contributed by atoms with E-state index in [1.165, 1.54) is 38.4 Å². The second-order valence-electron chi connectivity index (χ2n) is 4.20. The zero-order valence-electron chi connectivity index (χ0n) is 11.5. The number of hydrogen-bond donors (Lipinski definition) is 1. The number of ketones is 1. The Hall–Kier alpha value is -2.89. The summed E-state index contributed by atoms with van der Waals surface area (Å²) in [7, 11) is 1.45. The highest BCUT2D eigenvalue weighted by molar-refractivity contribution is 5.92. The van der Waals surface area contributed by atoms with Crippen LogP contribution in [-0.2, 0) is 0 Å². The van der Waals surface area contributed by atoms with Crippen LogP contribution in [0.3, 0.4) is 0 Å². The third-order valence-electron chi connectivity index (χ3n) is 2.74. The number of aromatic carboxylic acids is 1. The van der Waals surface area contributed by atoms with E-state index in [0.29, 0.717) is 17.2 Å². The van der Waals surface area contributed by atoms with Gasteiger partial charge in [-0.3, -0.25) is 4.79 Å². The van der Waals surface area contributed by atoms with Crippen molar-refractivity contribution in [3.63, 3.8) is 0 Å². The van der Waals surface area contributed by atoms with Crippen LogP contribution < -0.4 is 9.47 Å². The van der Waals surface area contributed by atoms with E-state index in [1.807, 2.05) is 0 Å². The van der Waals surface area contributed by atoms with Crippen molar-refractivity contribution in [2.75, 3.05) is 7.11 Å². The summed E-state index contributed by atoms with van der Waals surface area (Å²) in [6.07, 6.45) is 1.37. The number of carbonyl (C=O) groups is 2. The third-order valence-corrected chi connectivity index (χ3v) is 2.74. The van der Waals surface area contributed by atoms with Gasteiger partial charge in [-0.05, 0) is 30.3 Å². The van der Waals surface area contributed by atoms with Crippen LogP contribution in [0.4, 0.5) is 0 Å². The molecule has 0 aliphatic carbocycles. The highest BCUT2D eigenvalue weighted by atomic mass is 16.5. The number of methoxy groups -OCH3 is 1. The molecular formula is C15H13NO5. The fourth-order valence-corrected chi connectivity index (χ4v) is 1.67. The molecule has 1 aromatic carbocycles. The number of rotatable bonds is 5. The number of Topliss-reactive ketones (excluding diaryl/α,β-unsaturated/α-hetero) is 1. The van der Waals surface area contributed by atoms with Gasteiger partial charge in [-0.25, -0.2) is 9.78 Å². The normalized spacial score (nSPS) is 10.0. The van der Waals surface area contributed by atoms with Crippen LogP contribution in [0.2, 0.25) is 0 Å². The smallest absolute Gasteiger partial charge is 0.339 e. The number of nitrogens with zero attached hydrogens (tertiary/aromatic N) is 1. The molecule has 0 amide bonds. The van der Waals surface area contributed by atoms with Crippen LogP contribution in [0.1, 0.15) is 27.8 Å². The van der Waals surface area contributed by atoms with Crippen LogP contribution in [-0.4, -0.2) is 29.0 Å². The van der Waals surface area contributed by atoms with Gasteiger partial charge in [0.2, 0.25) is 0 Å². The number of benzene rings is 1. The Morgan fingerprint density at radius 2 is 1.86 bits per heavy atom. The van der Waals surface area contributed by atoms with Crippen molar-refractivity contribution in [2.45, 2.75) is 6.92 Å². The van der Waals surface area contributed by atoms with E-state index in [1.54, 1.807) is 12.1 Å². The maximum atomic E-state index is 11.2. The molecule has 0 spiro atoms. The lowest BCUT2D eigenvalue weighted by atomic mass is 10.2. The molecule has 0 saturated carbocycles. The molecule has 1 N–H and O–H groups in total. The van der Waals surface area contributed by atoms with Crippen molar-refractivity contribution in [1.29, 1.82) is 0 Å². The summed E-state index contributed by atoms with van der Waals surface area (Å²) in [6, 6.07) is 7.54. The predicted molar refractivity (Wildman–Crippen MR) is 74.3 cm³/mol. The van der Waals surface area contributed by atoms with Crippen molar-refractivity contribution < 1.29 is 24.2 Å². The number of ether oxygens (including phenoxy) is 2. The molecule has 0 fully saturated rings. The maximum absolute atomic E-state index is 11.2. The Bertz CT molecular complexity index is 679. The van der Waals surface area contributed by atoms with E-state index in [0.717, 1.165) is 0 Å². The largest absolute Gasteiger partial charge is 0.497 e. The number of carboxylic acid groups (broad SMARTS) is 1. The molecule has 6 nitrogen and oxygen atoms in total. The van der Waals surface area contributed by atoms with Gasteiger partial charge in [0, 0.05) is 6.92 Å². The highest BCUT2D eigenvalue weighted by Gasteiger charge is 2.14. The third kappa shape index (κ3) is 3.36. The van der Waals surface area contributed by atoms with Crippen molar-refractivity contribution >= 4 is 11.8 Å². The average Bonchev–Trinajstić information content (AvgIpc) is 2.48. The number of hydrogen-bond acceptors (Lipinski definition) is 5. The first-order valence-corrected chi connectivity index (χ1v) is 6.07. The molecule has 2 aromatic rings. The molecule has 108 valence electrons. The minimum atomic E-state index is -1.13. The summed E-state index contributed by atoms with van der Waals surface area (Å²) in [6.45, 7) is 1.41. The number of aromatic nitrogens is 1. The van der Waals surface area contributed by atoms with Gasteiger partial charge in [0.1, 0.15) is 28.5 Å². The van der Waals surface area contributed by atoms with Crippen LogP contribution in [0, 0.1) is 0 Å². The maximum Gasteiger partial charge on any atom is 0.339 e. The summed E-state index contributed by atoms with van der Waals surface area (Å²) in [5.41, 5.74) is 0.292. The van der Waals surface area contributed by atoms with Crippen LogP contribution >= 0.6 is 0 Å². The monoisotopic (exact) mass is 287 g/mol. The van der Waals surface area contributed by atoms with Crippen LogP contribution in [0.15, 0.2) is 36.5 Å². The summed E-state index contributed by atoms with van der Waals surface area (Å²) >= 11 is 0. The molecule has 0 radical (unpaired) electrons. The van der Waals surface area contributed by atoms with E-state index in [4.69, 9.17) is 9.47 Å². The summed E-state index contributed by atoms with van der Waals surface area (Å²) < 4.78 is 10.5. The quantitative estimate of drug-likeness (QED) is 0.851. The van der Waals surface area contributed by atoms with Crippen molar-refractivity contribution in [2.24, 2.45) is 0 Å². The number of carboxylic acids is 1. The lowest BCUT2D eigenvalue weighted by molar-refractivity contribution is 0.0693. The molecule has 0 atom stereocenters. The Morgan fingerprint density at radius 3 is 2.38 bits per heavy atom. The lowest BCUT2D eigenvalue weighted by Crippen LogP contribution is -2.01. The fourth-order valence-electron chi connectivity index (χ4n) is 1.67. The molecule has 0 saturated heterocycles. The van der Waals surface area contributed by atoms with E-state index >= 15 is 0 Å². The number of pyridine rings is 1. The van der Waals surface area contributed by atoms with Gasteiger partial charge >= 0.3 is 5.97 Å². The fraction of sp³-hybridized carbons (Fsp3) is 0.133. The minimum absolute atomic E-state index is 0.0232. The molecule has 1 aromatic heterocycles. The topological polar surface area (TPSA) is 85.7 Å². The first-order chi connectivity index (χ1) is 10.0. The van der Waals surface area contributed by atoms with Gasteiger partial charge in [0.25, 0.3) is 0 Å². The van der Waals surface area contributed by atoms with Crippen LogP contribution in [0.5, 0.6) is 17.2 Å². The molecule has 0 bridgehead atoms. The summed E-state index contributed by atoms with van der Waals surface area (Å²) in [5.74, 6) is -0.354. The molecule has 0 aliphatic heterocycles. The van der Waals surface area contributed by atoms with Crippen molar-refractivity contribution in [3.8, 4) is 17.2 Å². The lowest BCUT2D eigenvalue weighted by Gasteiger charge is -2.10. The van der Waals surface area contributed by atoms with Crippen molar-refractivity contribution in [1.82, 2.24) is 4.98 Å². The van der Waals surface area contributed by atoms with E-state index in [-0.39, 0.29) is 17.1 Å². The Kier molecular flexibility index (Phi) is 4.18. The first kappa shape index (κ1) is 14.5. The second kappa shape index (κ2) is 6.04. The molecule has 0 unspecified atom stereocenters. The second-order valence-corrected chi connectivity index (χ2v) is 4.20. The Balaban J connectivity index is 2.30. The van der Waals surface area contributed by atoms with Gasteiger partial charge in [0.05, 0.1) is 13.3 Å². The molecule has 21 heavy (non-hydrogen) atoms. The zero-order valence-corrected chi connectivity index (χ0v) is 11.5. The van der Waals surface area contributed by atoms with E-state index in [9.17, 15) is 14.7 Å². The van der Waals surface area contributed by atoms with Crippen molar-refractivity contribution in [3.05, 3.63) is 47.8 Å². The van der Waals surface area contributed by atoms with Crippen LogP contribution in [0.25, 0.3) is 0 Å². The highest BCUT2D eigenvalue weighted by Crippen LogP contribution is 2.28. The van der Waals surface area contributed by atoms with Gasteiger partial charge in [0.15, 0.2) is 5.78 Å². The Morgan fingerprint density at radius 1 is 1.14 bits per heavy atom. The van der Waals surface area contributed by atoms with E-state index < -0.39 is 5.97 Å². The van der Waals surface area contributed by atoms with Gasteiger partial charge < -0.3 is 14.6 Å². The average molecular weight is 287 g/mol.